The number of benzene rings is 1. The van der Waals surface area contributed by atoms with Gasteiger partial charge in [0.05, 0.1) is 5.36 Å². The van der Waals surface area contributed by atoms with Crippen LogP contribution in [-0.4, -0.2) is 5.78 Å². The summed E-state index contributed by atoms with van der Waals surface area (Å²) < 4.78 is 0. The first-order chi connectivity index (χ1) is 7.66. The van der Waals surface area contributed by atoms with E-state index < -0.39 is 0 Å². The molecule has 0 aliphatic carbocycles. The van der Waals surface area contributed by atoms with Gasteiger partial charge in [0, 0.05) is 17.0 Å². The molecule has 0 bridgehead atoms. The lowest BCUT2D eigenvalue weighted by atomic mass is 10.1. The Labute approximate surface area is 94.3 Å². The lowest BCUT2D eigenvalue weighted by Gasteiger charge is -1.97. The third-order valence-corrected chi connectivity index (χ3v) is 2.49. The highest BCUT2D eigenvalue weighted by Gasteiger charge is 1.99. The van der Waals surface area contributed by atoms with E-state index in [4.69, 9.17) is 0 Å². The second-order valence-corrected chi connectivity index (χ2v) is 3.86. The molecule has 0 amide bonds. The molecule has 1 aromatic carbocycles. The van der Waals surface area contributed by atoms with Crippen LogP contribution in [0.1, 0.15) is 12.5 Å². The fourth-order valence-electron chi connectivity index (χ4n) is 1.55. The third kappa shape index (κ3) is 2.16. The largest absolute Gasteiger partial charge is 0.294 e. The van der Waals surface area contributed by atoms with E-state index in [1.807, 2.05) is 31.2 Å². The van der Waals surface area contributed by atoms with Gasteiger partial charge in [0.25, 0.3) is 0 Å². The van der Waals surface area contributed by atoms with E-state index in [2.05, 4.69) is 11.1 Å². The molecule has 2 heteroatoms. The zero-order valence-electron chi connectivity index (χ0n) is 9.40. The van der Waals surface area contributed by atoms with E-state index in [-0.39, 0.29) is 5.78 Å². The Balaban J connectivity index is 2.67. The van der Waals surface area contributed by atoms with Crippen LogP contribution in [0.5, 0.6) is 0 Å². The quantitative estimate of drug-likeness (QED) is 0.691. The van der Waals surface area contributed by atoms with Crippen LogP contribution in [0.25, 0.3) is 6.08 Å². The van der Waals surface area contributed by atoms with Crippen molar-refractivity contribution in [3.8, 4) is 0 Å². The molecule has 0 N–H and O–H groups in total. The maximum absolute atomic E-state index is 11.2. The van der Waals surface area contributed by atoms with Crippen LogP contribution < -0.4 is 10.6 Å². The van der Waals surface area contributed by atoms with Crippen molar-refractivity contribution in [1.29, 1.82) is 0 Å². The second kappa shape index (κ2) is 4.27. The molecule has 1 aliphatic rings. The Kier molecular flexibility index (Phi) is 2.82. The number of nitrogens with zero attached hydrogens (tertiary/aromatic N) is 1. The minimum atomic E-state index is 0.0319. The van der Waals surface area contributed by atoms with E-state index in [1.165, 1.54) is 5.56 Å². The van der Waals surface area contributed by atoms with Crippen LogP contribution in [0, 0.1) is 6.92 Å². The summed E-state index contributed by atoms with van der Waals surface area (Å²) >= 11 is 0. The monoisotopic (exact) mass is 211 g/mol. The van der Waals surface area contributed by atoms with Gasteiger partial charge in [-0.3, -0.25) is 9.79 Å². The summed E-state index contributed by atoms with van der Waals surface area (Å²) in [7, 11) is 0. The van der Waals surface area contributed by atoms with Crippen LogP contribution in [0.15, 0.2) is 47.1 Å². The number of ketones is 1. The van der Waals surface area contributed by atoms with Gasteiger partial charge in [-0.15, -0.1) is 0 Å². The smallest absolute Gasteiger partial charge is 0.161 e. The molecule has 1 heterocycles. The zero-order valence-corrected chi connectivity index (χ0v) is 9.40. The number of fused-ring (bicyclic) bond motifs is 1. The lowest BCUT2D eigenvalue weighted by Crippen LogP contribution is -2.24. The van der Waals surface area contributed by atoms with Crippen LogP contribution >= 0.6 is 0 Å². The molecule has 0 aromatic heterocycles. The molecule has 0 unspecified atom stereocenters. The number of carbonyl (C=O) groups is 1. The van der Waals surface area contributed by atoms with Crippen LogP contribution in [-0.2, 0) is 4.79 Å². The average Bonchev–Trinajstić information content (AvgIpc) is 2.20. The van der Waals surface area contributed by atoms with Crippen LogP contribution in [0.4, 0.5) is 0 Å². The fraction of sp³-hybridized carbons (Fsp3) is 0.143. The van der Waals surface area contributed by atoms with E-state index in [1.54, 1.807) is 19.2 Å². The standard InChI is InChI=1S/C14H13NO/c1-10-6-7-12-4-3-5-13(11(2)16)9-15-14(12)8-10/h3-9H,1-2H3/b4-3?,5-3+,12-4+,13-5?,13-9+,15-9?,15-14-. The number of carbonyl (C=O) groups excluding carboxylic acids is 1. The maximum Gasteiger partial charge on any atom is 0.161 e. The van der Waals surface area contributed by atoms with Gasteiger partial charge in [0.15, 0.2) is 5.78 Å². The Morgan fingerprint density at radius 3 is 2.88 bits per heavy atom. The molecule has 1 aliphatic heterocycles. The van der Waals surface area contributed by atoms with Gasteiger partial charge in [0.1, 0.15) is 0 Å². The summed E-state index contributed by atoms with van der Waals surface area (Å²) in [5.41, 5.74) is 1.79. The summed E-state index contributed by atoms with van der Waals surface area (Å²) in [6.45, 7) is 3.57. The molecular weight excluding hydrogens is 198 g/mol. The number of allylic oxidation sites excluding steroid dienone is 3. The van der Waals surface area contributed by atoms with Crippen molar-refractivity contribution >= 4 is 11.9 Å². The van der Waals surface area contributed by atoms with Crippen LogP contribution in [0.2, 0.25) is 0 Å². The van der Waals surface area contributed by atoms with Crippen molar-refractivity contribution in [3.63, 3.8) is 0 Å². The van der Waals surface area contributed by atoms with Crippen molar-refractivity contribution in [2.75, 3.05) is 0 Å². The van der Waals surface area contributed by atoms with Gasteiger partial charge in [-0.25, -0.2) is 0 Å². The zero-order chi connectivity index (χ0) is 11.5. The first kappa shape index (κ1) is 10.6. The average molecular weight is 211 g/mol. The molecule has 0 atom stereocenters. The van der Waals surface area contributed by atoms with Gasteiger partial charge in [-0.05, 0) is 31.6 Å². The van der Waals surface area contributed by atoms with E-state index in [9.17, 15) is 4.79 Å². The Hall–Kier alpha value is -1.96. The normalized spacial score (nSPS) is 23.2. The molecule has 2 nitrogen and oxygen atoms in total. The molecule has 0 spiro atoms. The summed E-state index contributed by atoms with van der Waals surface area (Å²) in [5, 5.41) is 1.98. The minimum Gasteiger partial charge on any atom is -0.294 e. The van der Waals surface area contributed by atoms with Gasteiger partial charge >= 0.3 is 0 Å². The van der Waals surface area contributed by atoms with Crippen molar-refractivity contribution in [3.05, 3.63) is 58.3 Å². The summed E-state index contributed by atoms with van der Waals surface area (Å²) in [6, 6.07) is 6.10. The molecule has 0 radical (unpaired) electrons. The summed E-state index contributed by atoms with van der Waals surface area (Å²) in [4.78, 5) is 15.6. The fourth-order valence-corrected chi connectivity index (χ4v) is 1.55. The van der Waals surface area contributed by atoms with Gasteiger partial charge in [-0.1, -0.05) is 24.3 Å². The van der Waals surface area contributed by atoms with Crippen molar-refractivity contribution in [2.45, 2.75) is 13.8 Å². The van der Waals surface area contributed by atoms with E-state index in [0.29, 0.717) is 5.57 Å². The SMILES string of the molecule is CC(=O)C1=C/N=c2/cc(C)cc/c2=C\C=C\1. The number of rotatable bonds is 1. The highest BCUT2D eigenvalue weighted by atomic mass is 16.1. The summed E-state index contributed by atoms with van der Waals surface area (Å²) in [6.07, 6.45) is 7.27. The van der Waals surface area contributed by atoms with Gasteiger partial charge in [-0.2, -0.15) is 0 Å². The van der Waals surface area contributed by atoms with Crippen molar-refractivity contribution < 1.29 is 4.79 Å². The predicted molar refractivity (Wildman–Crippen MR) is 64.3 cm³/mol. The minimum absolute atomic E-state index is 0.0319. The topological polar surface area (TPSA) is 29.4 Å². The second-order valence-electron chi connectivity index (χ2n) is 3.86. The van der Waals surface area contributed by atoms with Gasteiger partial charge in [0.2, 0.25) is 0 Å². The molecule has 80 valence electrons. The molecule has 16 heavy (non-hydrogen) atoms. The molecule has 2 rings (SSSR count). The van der Waals surface area contributed by atoms with Gasteiger partial charge < -0.3 is 0 Å². The Morgan fingerprint density at radius 2 is 2.12 bits per heavy atom. The predicted octanol–water partition coefficient (Wildman–Crippen LogP) is 1.44. The highest BCUT2D eigenvalue weighted by Crippen LogP contribution is 2.00. The number of hydrogen-bond acceptors (Lipinski definition) is 2. The van der Waals surface area contributed by atoms with Crippen molar-refractivity contribution in [2.24, 2.45) is 4.99 Å². The number of aryl methyl sites for hydroxylation is 1. The number of Topliss-reactive ketones (excluding diaryl/α,β-unsaturated/α-hetero) is 1. The lowest BCUT2D eigenvalue weighted by molar-refractivity contribution is -0.113. The Morgan fingerprint density at radius 1 is 1.31 bits per heavy atom. The maximum atomic E-state index is 11.2. The van der Waals surface area contributed by atoms with E-state index in [0.717, 1.165) is 10.6 Å². The molecule has 0 saturated heterocycles. The summed E-state index contributed by atoms with van der Waals surface area (Å²) in [5.74, 6) is 0.0319. The van der Waals surface area contributed by atoms with Crippen LogP contribution in [0.3, 0.4) is 0 Å². The molecule has 0 saturated carbocycles. The molecule has 0 fully saturated rings. The molecule has 1 aromatic rings. The Bertz CT molecular complexity index is 606. The highest BCUT2D eigenvalue weighted by molar-refractivity contribution is 5.96. The molecular formula is C14H13NO. The first-order valence-corrected chi connectivity index (χ1v) is 5.21. The number of hydrogen-bond donors (Lipinski definition) is 0. The van der Waals surface area contributed by atoms with Crippen molar-refractivity contribution in [1.82, 2.24) is 0 Å². The third-order valence-electron chi connectivity index (χ3n) is 2.49. The first-order valence-electron chi connectivity index (χ1n) is 5.21. The van der Waals surface area contributed by atoms with E-state index >= 15 is 0 Å².